The summed E-state index contributed by atoms with van der Waals surface area (Å²) in [4.78, 5) is 36.2. The van der Waals surface area contributed by atoms with Crippen molar-refractivity contribution >= 4 is 61.2 Å². The van der Waals surface area contributed by atoms with Crippen LogP contribution in [0.4, 0.5) is 5.69 Å². The first kappa shape index (κ1) is 20.4. The van der Waals surface area contributed by atoms with Crippen LogP contribution in [0.3, 0.4) is 0 Å². The van der Waals surface area contributed by atoms with Crippen molar-refractivity contribution < 1.29 is 9.21 Å². The van der Waals surface area contributed by atoms with E-state index in [1.165, 1.54) is 0 Å². The minimum atomic E-state index is -0.401. The maximum Gasteiger partial charge on any atom is 0.294 e. The molecule has 0 unspecified atom stereocenters. The number of carbonyl (C=O) groups excluding carboxylic acids is 1. The Bertz CT molecular complexity index is 1550. The van der Waals surface area contributed by atoms with Crippen LogP contribution in [0.2, 0.25) is 5.02 Å². The summed E-state index contributed by atoms with van der Waals surface area (Å²) in [6.07, 6.45) is 3.49. The molecule has 0 atom stereocenters. The van der Waals surface area contributed by atoms with Gasteiger partial charge in [-0.3, -0.25) is 14.6 Å². The van der Waals surface area contributed by atoms with E-state index in [1.54, 1.807) is 42.7 Å². The van der Waals surface area contributed by atoms with Crippen molar-refractivity contribution in [2.45, 2.75) is 6.42 Å². The molecule has 0 fully saturated rings. The highest BCUT2D eigenvalue weighted by molar-refractivity contribution is 9.10. The number of amides is 1. The summed E-state index contributed by atoms with van der Waals surface area (Å²) in [6, 6.07) is 14.1. The Hall–Kier alpha value is -3.49. The first-order valence-electron chi connectivity index (χ1n) is 9.59. The van der Waals surface area contributed by atoms with E-state index in [2.05, 4.69) is 36.2 Å². The number of H-pyrrole nitrogens is 1. The lowest BCUT2D eigenvalue weighted by Crippen LogP contribution is -2.14. The Labute approximate surface area is 194 Å². The minimum Gasteiger partial charge on any atom is -0.449 e. The summed E-state index contributed by atoms with van der Waals surface area (Å²) < 4.78 is 6.51. The van der Waals surface area contributed by atoms with Gasteiger partial charge in [-0.25, -0.2) is 4.98 Å². The third kappa shape index (κ3) is 3.90. The van der Waals surface area contributed by atoms with Crippen LogP contribution < -0.4 is 10.9 Å². The second-order valence-corrected chi connectivity index (χ2v) is 8.44. The van der Waals surface area contributed by atoms with Gasteiger partial charge in [-0.15, -0.1) is 0 Å². The fourth-order valence-corrected chi connectivity index (χ4v) is 4.06. The number of anilines is 1. The van der Waals surface area contributed by atoms with Crippen LogP contribution in [-0.2, 0) is 11.2 Å². The molecule has 0 aliphatic rings. The van der Waals surface area contributed by atoms with Crippen molar-refractivity contribution in [3.05, 3.63) is 86.3 Å². The van der Waals surface area contributed by atoms with Gasteiger partial charge in [0.2, 0.25) is 11.5 Å². The van der Waals surface area contributed by atoms with Crippen molar-refractivity contribution in [1.82, 2.24) is 15.0 Å². The Morgan fingerprint density at radius 2 is 2.06 bits per heavy atom. The van der Waals surface area contributed by atoms with Crippen molar-refractivity contribution in [3.63, 3.8) is 0 Å². The van der Waals surface area contributed by atoms with Crippen LogP contribution in [0.15, 0.2) is 74.6 Å². The van der Waals surface area contributed by atoms with Gasteiger partial charge in [0.25, 0.3) is 5.56 Å². The first-order chi connectivity index (χ1) is 15.5. The molecular weight excluding hydrogens is 496 g/mol. The molecule has 9 heteroatoms. The lowest BCUT2D eigenvalue weighted by molar-refractivity contribution is -0.115. The molecule has 0 saturated heterocycles. The molecule has 2 aromatic carbocycles. The van der Waals surface area contributed by atoms with Gasteiger partial charge in [0.1, 0.15) is 16.9 Å². The normalized spacial score (nSPS) is 11.2. The average molecular weight is 510 g/mol. The molecule has 3 aromatic heterocycles. The number of aromatic amines is 1. The Morgan fingerprint density at radius 3 is 2.84 bits per heavy atom. The molecule has 1 amide bonds. The van der Waals surface area contributed by atoms with E-state index in [4.69, 9.17) is 16.0 Å². The quantitative estimate of drug-likeness (QED) is 0.341. The topological polar surface area (TPSA) is 101 Å². The molecule has 0 bridgehead atoms. The van der Waals surface area contributed by atoms with Gasteiger partial charge in [0.05, 0.1) is 11.4 Å². The van der Waals surface area contributed by atoms with Crippen LogP contribution in [0.1, 0.15) is 5.56 Å². The standard InChI is InChI=1S/C23H14BrClN4O3/c24-13-3-6-18-16(9-13)20-21(32-18)23(31)29-22(28-20)15-5-4-14(10-17(15)25)27-19(30)8-12-2-1-7-26-11-12/h1-7,9-11H,8H2,(H,27,30)(H,28,29,31). The second-order valence-electron chi connectivity index (χ2n) is 7.12. The molecule has 0 saturated carbocycles. The molecule has 2 N–H and O–H groups in total. The van der Waals surface area contributed by atoms with Crippen LogP contribution >= 0.6 is 27.5 Å². The summed E-state index contributed by atoms with van der Waals surface area (Å²) in [5, 5.41) is 3.87. The number of fused-ring (bicyclic) bond motifs is 3. The van der Waals surface area contributed by atoms with Crippen molar-refractivity contribution in [3.8, 4) is 11.4 Å². The Kier molecular flexibility index (Phi) is 5.24. The van der Waals surface area contributed by atoms with Crippen LogP contribution in [0.25, 0.3) is 33.5 Å². The fraction of sp³-hybridized carbons (Fsp3) is 0.0435. The largest absolute Gasteiger partial charge is 0.449 e. The maximum absolute atomic E-state index is 12.6. The first-order valence-corrected chi connectivity index (χ1v) is 10.8. The highest BCUT2D eigenvalue weighted by Gasteiger charge is 2.16. The second kappa shape index (κ2) is 8.22. The van der Waals surface area contributed by atoms with Gasteiger partial charge < -0.3 is 14.7 Å². The number of hydrogen-bond acceptors (Lipinski definition) is 5. The summed E-state index contributed by atoms with van der Waals surface area (Å²) in [7, 11) is 0. The highest BCUT2D eigenvalue weighted by Crippen LogP contribution is 2.32. The number of benzene rings is 2. The van der Waals surface area contributed by atoms with E-state index in [1.807, 2.05) is 18.2 Å². The molecule has 0 spiro atoms. The molecule has 32 heavy (non-hydrogen) atoms. The van der Waals surface area contributed by atoms with E-state index in [0.29, 0.717) is 33.2 Å². The monoisotopic (exact) mass is 508 g/mol. The molecule has 5 aromatic rings. The number of furan rings is 1. The van der Waals surface area contributed by atoms with E-state index in [9.17, 15) is 9.59 Å². The number of nitrogens with one attached hydrogen (secondary N) is 2. The van der Waals surface area contributed by atoms with Gasteiger partial charge in [0, 0.05) is 33.5 Å². The molecule has 158 valence electrons. The smallest absolute Gasteiger partial charge is 0.294 e. The average Bonchev–Trinajstić information content (AvgIpc) is 3.13. The number of hydrogen-bond donors (Lipinski definition) is 2. The van der Waals surface area contributed by atoms with E-state index in [-0.39, 0.29) is 17.9 Å². The van der Waals surface area contributed by atoms with Gasteiger partial charge >= 0.3 is 0 Å². The van der Waals surface area contributed by atoms with Gasteiger partial charge in [-0.05, 0) is 48.0 Å². The van der Waals surface area contributed by atoms with Gasteiger partial charge in [-0.2, -0.15) is 0 Å². The van der Waals surface area contributed by atoms with E-state index >= 15 is 0 Å². The predicted molar refractivity (Wildman–Crippen MR) is 127 cm³/mol. The van der Waals surface area contributed by atoms with Gasteiger partial charge in [-0.1, -0.05) is 33.6 Å². The summed E-state index contributed by atoms with van der Waals surface area (Å²) in [6.45, 7) is 0. The van der Waals surface area contributed by atoms with Crippen LogP contribution in [0.5, 0.6) is 0 Å². The molecule has 5 rings (SSSR count). The molecule has 0 aliphatic carbocycles. The SMILES string of the molecule is O=C(Cc1cccnc1)Nc1ccc(-c2nc3c(oc4ccc(Br)cc43)c(=O)[nH]2)c(Cl)c1. The lowest BCUT2D eigenvalue weighted by atomic mass is 10.1. The lowest BCUT2D eigenvalue weighted by Gasteiger charge is -2.09. The van der Waals surface area contributed by atoms with Crippen molar-refractivity contribution in [2.24, 2.45) is 0 Å². The number of aromatic nitrogens is 3. The zero-order valence-electron chi connectivity index (χ0n) is 16.4. The highest BCUT2D eigenvalue weighted by atomic mass is 79.9. The van der Waals surface area contributed by atoms with Crippen molar-refractivity contribution in [2.75, 3.05) is 5.32 Å². The maximum atomic E-state index is 12.6. The molecule has 0 radical (unpaired) electrons. The molecular formula is C23H14BrClN4O3. The fourth-order valence-electron chi connectivity index (χ4n) is 3.43. The van der Waals surface area contributed by atoms with Gasteiger partial charge in [0.15, 0.2) is 0 Å². The van der Waals surface area contributed by atoms with Crippen LogP contribution in [0, 0.1) is 0 Å². The van der Waals surface area contributed by atoms with Crippen molar-refractivity contribution in [1.29, 1.82) is 0 Å². The third-order valence-corrected chi connectivity index (χ3v) is 5.69. The number of pyridine rings is 1. The van der Waals surface area contributed by atoms with Crippen LogP contribution in [-0.4, -0.2) is 20.9 Å². The number of rotatable bonds is 4. The third-order valence-electron chi connectivity index (χ3n) is 4.88. The number of carbonyl (C=O) groups is 1. The Balaban J connectivity index is 1.47. The number of nitrogens with zero attached hydrogens (tertiary/aromatic N) is 2. The zero-order valence-corrected chi connectivity index (χ0v) is 18.7. The van der Waals surface area contributed by atoms with E-state index in [0.717, 1.165) is 15.4 Å². The summed E-state index contributed by atoms with van der Waals surface area (Å²) >= 11 is 9.90. The zero-order chi connectivity index (χ0) is 22.2. The minimum absolute atomic E-state index is 0.150. The molecule has 3 heterocycles. The summed E-state index contributed by atoms with van der Waals surface area (Å²) in [5.74, 6) is 0.119. The Morgan fingerprint density at radius 1 is 1.19 bits per heavy atom. The number of halogens is 2. The summed E-state index contributed by atoms with van der Waals surface area (Å²) in [5.41, 5.74) is 2.64. The molecule has 0 aliphatic heterocycles. The molecule has 7 nitrogen and oxygen atoms in total. The van der Waals surface area contributed by atoms with E-state index < -0.39 is 5.56 Å². The predicted octanol–water partition coefficient (Wildman–Crippen LogP) is 5.33.